The zero-order valence-electron chi connectivity index (χ0n) is 10.9. The van der Waals surface area contributed by atoms with Gasteiger partial charge in [0.15, 0.2) is 0 Å². The number of aryl methyl sites for hydroxylation is 1. The Kier molecular flexibility index (Phi) is 4.81. The van der Waals surface area contributed by atoms with Gasteiger partial charge in [0.1, 0.15) is 0 Å². The Hall–Kier alpha value is -1.08. The Bertz CT molecular complexity index is 344. The minimum absolute atomic E-state index is 1.06. The van der Waals surface area contributed by atoms with Crippen molar-refractivity contribution in [2.24, 2.45) is 0 Å². The zero-order valence-corrected chi connectivity index (χ0v) is 10.9. The molecule has 2 rings (SSSR count). The molecule has 1 fully saturated rings. The molecule has 1 aliphatic rings. The van der Waals surface area contributed by atoms with E-state index in [1.165, 1.54) is 43.5 Å². The quantitative estimate of drug-likeness (QED) is 0.713. The van der Waals surface area contributed by atoms with Gasteiger partial charge in [0, 0.05) is 6.54 Å². The smallest absolute Gasteiger partial charge is 0.0163 e. The molecule has 0 spiro atoms. The number of nitrogens with zero attached hydrogens (tertiary/aromatic N) is 1. The maximum absolute atomic E-state index is 2.55. The fourth-order valence-electron chi connectivity index (χ4n) is 2.31. The Morgan fingerprint density at radius 1 is 1.00 bits per heavy atom. The van der Waals surface area contributed by atoms with Gasteiger partial charge in [-0.1, -0.05) is 48.4 Å². The number of piperidine rings is 1. The van der Waals surface area contributed by atoms with Crippen LogP contribution in [0.5, 0.6) is 0 Å². The van der Waals surface area contributed by atoms with E-state index in [0.717, 1.165) is 13.0 Å². The van der Waals surface area contributed by atoms with Gasteiger partial charge in [-0.2, -0.15) is 0 Å². The fourth-order valence-corrected chi connectivity index (χ4v) is 2.31. The van der Waals surface area contributed by atoms with Crippen molar-refractivity contribution in [3.8, 4) is 0 Å². The van der Waals surface area contributed by atoms with Crippen molar-refractivity contribution in [2.75, 3.05) is 19.6 Å². The summed E-state index contributed by atoms with van der Waals surface area (Å²) >= 11 is 0. The molecule has 0 unspecified atom stereocenters. The summed E-state index contributed by atoms with van der Waals surface area (Å²) in [6, 6.07) is 8.82. The lowest BCUT2D eigenvalue weighted by molar-refractivity contribution is 0.251. The lowest BCUT2D eigenvalue weighted by atomic mass is 10.1. The molecule has 0 N–H and O–H groups in total. The van der Waals surface area contributed by atoms with Crippen molar-refractivity contribution < 1.29 is 0 Å². The molecule has 1 nitrogen and oxygen atoms in total. The van der Waals surface area contributed by atoms with E-state index in [9.17, 15) is 0 Å². The summed E-state index contributed by atoms with van der Waals surface area (Å²) in [5, 5.41) is 0. The molecule has 0 aliphatic carbocycles. The van der Waals surface area contributed by atoms with E-state index >= 15 is 0 Å². The van der Waals surface area contributed by atoms with Crippen molar-refractivity contribution in [2.45, 2.75) is 32.6 Å². The average molecular weight is 229 g/mol. The first-order valence-corrected chi connectivity index (χ1v) is 6.77. The van der Waals surface area contributed by atoms with Crippen molar-refractivity contribution in [1.29, 1.82) is 0 Å². The van der Waals surface area contributed by atoms with Gasteiger partial charge in [0.05, 0.1) is 0 Å². The standard InChI is InChI=1S/C16H23N/c1-15-8-10-16(11-9-15)7-3-6-14-17-12-4-2-5-13-17/h3,6,8-11H,2,4-5,7,12-14H2,1H3/b6-3+. The van der Waals surface area contributed by atoms with Crippen LogP contribution in [0.15, 0.2) is 36.4 Å². The zero-order chi connectivity index (χ0) is 11.9. The molecule has 0 atom stereocenters. The molecule has 1 aliphatic heterocycles. The van der Waals surface area contributed by atoms with Gasteiger partial charge in [-0.05, 0) is 44.8 Å². The predicted octanol–water partition coefficient (Wildman–Crippen LogP) is 3.58. The third-order valence-corrected chi connectivity index (χ3v) is 3.45. The van der Waals surface area contributed by atoms with Crippen LogP contribution in [0, 0.1) is 6.92 Å². The third kappa shape index (κ3) is 4.35. The molecular weight excluding hydrogens is 206 g/mol. The summed E-state index contributed by atoms with van der Waals surface area (Å²) in [5.74, 6) is 0. The van der Waals surface area contributed by atoms with Crippen LogP contribution < -0.4 is 0 Å². The van der Waals surface area contributed by atoms with Crippen LogP contribution in [0.25, 0.3) is 0 Å². The molecule has 0 aromatic heterocycles. The third-order valence-electron chi connectivity index (χ3n) is 3.45. The summed E-state index contributed by atoms with van der Waals surface area (Å²) < 4.78 is 0. The van der Waals surface area contributed by atoms with Gasteiger partial charge in [0.25, 0.3) is 0 Å². The molecule has 17 heavy (non-hydrogen) atoms. The van der Waals surface area contributed by atoms with E-state index in [4.69, 9.17) is 0 Å². The molecule has 0 amide bonds. The Morgan fingerprint density at radius 3 is 2.41 bits per heavy atom. The van der Waals surface area contributed by atoms with E-state index in [-0.39, 0.29) is 0 Å². The number of hydrogen-bond donors (Lipinski definition) is 0. The molecule has 0 saturated carbocycles. The highest BCUT2D eigenvalue weighted by molar-refractivity contribution is 5.23. The maximum Gasteiger partial charge on any atom is 0.0163 e. The number of hydrogen-bond acceptors (Lipinski definition) is 1. The van der Waals surface area contributed by atoms with Crippen LogP contribution in [-0.4, -0.2) is 24.5 Å². The highest BCUT2D eigenvalue weighted by atomic mass is 15.1. The lowest BCUT2D eigenvalue weighted by Crippen LogP contribution is -2.29. The second-order valence-corrected chi connectivity index (χ2v) is 5.02. The van der Waals surface area contributed by atoms with Crippen LogP contribution in [0.2, 0.25) is 0 Å². The number of rotatable bonds is 4. The summed E-state index contributed by atoms with van der Waals surface area (Å²) in [6.45, 7) is 5.84. The SMILES string of the molecule is Cc1ccc(C/C=C/CN2CCCCC2)cc1. The fraction of sp³-hybridized carbons (Fsp3) is 0.500. The Labute approximate surface area is 105 Å². The largest absolute Gasteiger partial charge is 0.300 e. The van der Waals surface area contributed by atoms with Gasteiger partial charge >= 0.3 is 0 Å². The minimum Gasteiger partial charge on any atom is -0.300 e. The van der Waals surface area contributed by atoms with Gasteiger partial charge in [-0.25, -0.2) is 0 Å². The summed E-state index contributed by atoms with van der Waals surface area (Å²) in [4.78, 5) is 2.55. The molecule has 0 radical (unpaired) electrons. The van der Waals surface area contributed by atoms with E-state index in [1.807, 2.05) is 0 Å². The first-order chi connectivity index (χ1) is 8.34. The summed E-state index contributed by atoms with van der Waals surface area (Å²) in [5.41, 5.74) is 2.75. The summed E-state index contributed by atoms with van der Waals surface area (Å²) in [6.07, 6.45) is 9.87. The molecule has 1 heterocycles. The Morgan fingerprint density at radius 2 is 1.71 bits per heavy atom. The Balaban J connectivity index is 1.72. The van der Waals surface area contributed by atoms with Crippen molar-refractivity contribution in [3.05, 3.63) is 47.5 Å². The first-order valence-electron chi connectivity index (χ1n) is 6.77. The van der Waals surface area contributed by atoms with Crippen LogP contribution in [0.1, 0.15) is 30.4 Å². The molecule has 1 aromatic carbocycles. The summed E-state index contributed by atoms with van der Waals surface area (Å²) in [7, 11) is 0. The monoisotopic (exact) mass is 229 g/mol. The number of benzene rings is 1. The van der Waals surface area contributed by atoms with Gasteiger partial charge in [-0.15, -0.1) is 0 Å². The molecule has 0 bridgehead atoms. The van der Waals surface area contributed by atoms with Crippen LogP contribution in [0.4, 0.5) is 0 Å². The highest BCUT2D eigenvalue weighted by Gasteiger charge is 2.06. The minimum atomic E-state index is 1.06. The first kappa shape index (κ1) is 12.4. The maximum atomic E-state index is 2.55. The van der Waals surface area contributed by atoms with Gasteiger partial charge < -0.3 is 0 Å². The van der Waals surface area contributed by atoms with E-state index in [2.05, 4.69) is 48.2 Å². The average Bonchev–Trinajstić information content (AvgIpc) is 2.38. The van der Waals surface area contributed by atoms with E-state index in [1.54, 1.807) is 0 Å². The normalized spacial score (nSPS) is 17.7. The van der Waals surface area contributed by atoms with E-state index < -0.39 is 0 Å². The number of likely N-dealkylation sites (tertiary alicyclic amines) is 1. The van der Waals surface area contributed by atoms with Crippen molar-refractivity contribution >= 4 is 0 Å². The molecule has 1 heteroatoms. The van der Waals surface area contributed by atoms with Crippen LogP contribution >= 0.6 is 0 Å². The van der Waals surface area contributed by atoms with Crippen molar-refractivity contribution in [1.82, 2.24) is 4.90 Å². The van der Waals surface area contributed by atoms with Gasteiger partial charge in [-0.3, -0.25) is 4.90 Å². The lowest BCUT2D eigenvalue weighted by Gasteiger charge is -2.24. The highest BCUT2D eigenvalue weighted by Crippen LogP contribution is 2.08. The molecule has 1 aromatic rings. The molecule has 92 valence electrons. The van der Waals surface area contributed by atoms with Crippen LogP contribution in [-0.2, 0) is 6.42 Å². The topological polar surface area (TPSA) is 3.24 Å². The second-order valence-electron chi connectivity index (χ2n) is 5.02. The van der Waals surface area contributed by atoms with Gasteiger partial charge in [0.2, 0.25) is 0 Å². The predicted molar refractivity (Wildman–Crippen MR) is 74.3 cm³/mol. The molecular formula is C16H23N. The second kappa shape index (κ2) is 6.61. The molecule has 1 saturated heterocycles. The van der Waals surface area contributed by atoms with Crippen molar-refractivity contribution in [3.63, 3.8) is 0 Å². The van der Waals surface area contributed by atoms with E-state index in [0.29, 0.717) is 0 Å². The van der Waals surface area contributed by atoms with Crippen LogP contribution in [0.3, 0.4) is 0 Å². The number of allylic oxidation sites excluding steroid dienone is 1.